The maximum Gasteiger partial charge on any atom is 0.252 e. The Kier molecular flexibility index (Phi) is 6.56. The summed E-state index contributed by atoms with van der Waals surface area (Å²) in [7, 11) is 0. The zero-order valence-electron chi connectivity index (χ0n) is 18.3. The molecule has 2 aromatic carbocycles. The molecule has 0 bridgehead atoms. The molecule has 2 heterocycles. The van der Waals surface area contributed by atoms with Crippen LogP contribution in [0.1, 0.15) is 49.6 Å². The summed E-state index contributed by atoms with van der Waals surface area (Å²) in [5, 5.41) is 3.15. The van der Waals surface area contributed by atoms with Crippen molar-refractivity contribution in [3.8, 4) is 0 Å². The minimum atomic E-state index is -0.121. The molecule has 3 aromatic rings. The summed E-state index contributed by atoms with van der Waals surface area (Å²) in [5.74, 6) is 1.27. The lowest BCUT2D eigenvalue weighted by Crippen LogP contribution is -2.34. The molecule has 1 aliphatic heterocycles. The van der Waals surface area contributed by atoms with Gasteiger partial charge in [0.1, 0.15) is 5.76 Å². The normalized spacial score (nSPS) is 17.9. The number of nitrogens with zero attached hydrogens (tertiary/aromatic N) is 1. The molecule has 2 atom stereocenters. The maximum absolute atomic E-state index is 13.2. The molecule has 1 fully saturated rings. The van der Waals surface area contributed by atoms with Crippen LogP contribution in [-0.4, -0.2) is 19.0 Å². The topological polar surface area (TPSA) is 45.5 Å². The molecular weight excluding hydrogens is 384 g/mol. The van der Waals surface area contributed by atoms with Crippen LogP contribution >= 0.6 is 0 Å². The number of hydrogen-bond donors (Lipinski definition) is 1. The molecule has 1 aromatic heterocycles. The fourth-order valence-electron chi connectivity index (χ4n) is 4.17. The van der Waals surface area contributed by atoms with E-state index < -0.39 is 0 Å². The molecule has 0 saturated carbocycles. The first-order valence-corrected chi connectivity index (χ1v) is 11.1. The summed E-state index contributed by atoms with van der Waals surface area (Å²) < 4.78 is 5.44. The molecule has 1 amide bonds. The predicted octanol–water partition coefficient (Wildman–Crippen LogP) is 5.93. The lowest BCUT2D eigenvalue weighted by Gasteiger charge is -2.33. The van der Waals surface area contributed by atoms with Crippen LogP contribution in [0.2, 0.25) is 0 Å². The third kappa shape index (κ3) is 5.26. The van der Waals surface area contributed by atoms with E-state index in [2.05, 4.69) is 41.4 Å². The Morgan fingerprint density at radius 1 is 1.10 bits per heavy atom. The van der Waals surface area contributed by atoms with Crippen LogP contribution in [0.15, 0.2) is 77.4 Å². The SMILES string of the molecule is C[C@H]1CCCN(c2ccc([C@@H](C)NC(=O)/C(=C/c3ccco3)c3ccccc3)cc2)C1. The second-order valence-electron chi connectivity index (χ2n) is 8.42. The van der Waals surface area contributed by atoms with E-state index >= 15 is 0 Å². The lowest BCUT2D eigenvalue weighted by atomic mass is 9.99. The second kappa shape index (κ2) is 9.69. The summed E-state index contributed by atoms with van der Waals surface area (Å²) in [4.78, 5) is 15.6. The Morgan fingerprint density at radius 2 is 1.87 bits per heavy atom. The van der Waals surface area contributed by atoms with Crippen molar-refractivity contribution in [2.75, 3.05) is 18.0 Å². The van der Waals surface area contributed by atoms with Crippen molar-refractivity contribution in [3.63, 3.8) is 0 Å². The van der Waals surface area contributed by atoms with E-state index in [4.69, 9.17) is 4.42 Å². The maximum atomic E-state index is 13.2. The Hall–Kier alpha value is -3.27. The number of benzene rings is 2. The Bertz CT molecular complexity index is 1010. The number of carbonyl (C=O) groups excluding carboxylic acids is 1. The van der Waals surface area contributed by atoms with Crippen LogP contribution in [0.3, 0.4) is 0 Å². The minimum absolute atomic E-state index is 0.106. The van der Waals surface area contributed by atoms with Crippen LogP contribution in [0.25, 0.3) is 11.6 Å². The Balaban J connectivity index is 1.48. The number of furan rings is 1. The fourth-order valence-corrected chi connectivity index (χ4v) is 4.17. The van der Waals surface area contributed by atoms with Crippen molar-refractivity contribution in [3.05, 3.63) is 89.9 Å². The largest absolute Gasteiger partial charge is 0.465 e. The number of anilines is 1. The highest BCUT2D eigenvalue weighted by Crippen LogP contribution is 2.25. The van der Waals surface area contributed by atoms with Crippen molar-refractivity contribution >= 4 is 23.2 Å². The molecule has 4 nitrogen and oxygen atoms in total. The molecule has 160 valence electrons. The first-order chi connectivity index (χ1) is 15.1. The zero-order valence-corrected chi connectivity index (χ0v) is 18.3. The minimum Gasteiger partial charge on any atom is -0.465 e. The summed E-state index contributed by atoms with van der Waals surface area (Å²) >= 11 is 0. The molecule has 1 saturated heterocycles. The van der Waals surface area contributed by atoms with Gasteiger partial charge in [-0.05, 0) is 67.2 Å². The number of piperidine rings is 1. The van der Waals surface area contributed by atoms with Gasteiger partial charge in [-0.25, -0.2) is 0 Å². The van der Waals surface area contributed by atoms with Gasteiger partial charge in [0, 0.05) is 18.8 Å². The molecule has 0 unspecified atom stereocenters. The van der Waals surface area contributed by atoms with Gasteiger partial charge in [0.15, 0.2) is 0 Å². The van der Waals surface area contributed by atoms with E-state index in [0.29, 0.717) is 11.3 Å². The van der Waals surface area contributed by atoms with Gasteiger partial charge in [-0.2, -0.15) is 0 Å². The van der Waals surface area contributed by atoms with Crippen LogP contribution in [0.5, 0.6) is 0 Å². The van der Waals surface area contributed by atoms with Gasteiger partial charge in [-0.1, -0.05) is 49.4 Å². The van der Waals surface area contributed by atoms with Crippen molar-refractivity contribution in [2.45, 2.75) is 32.7 Å². The number of carbonyl (C=O) groups is 1. The van der Waals surface area contributed by atoms with Gasteiger partial charge >= 0.3 is 0 Å². The van der Waals surface area contributed by atoms with Crippen LogP contribution in [-0.2, 0) is 4.79 Å². The summed E-state index contributed by atoms with van der Waals surface area (Å²) in [6, 6.07) is 21.8. The summed E-state index contributed by atoms with van der Waals surface area (Å²) in [6.45, 7) is 6.57. The Morgan fingerprint density at radius 3 is 2.55 bits per heavy atom. The number of rotatable bonds is 6. The molecule has 1 aliphatic rings. The average Bonchev–Trinajstić information content (AvgIpc) is 3.31. The standard InChI is InChI=1S/C27H30N2O2/c1-20-8-6-16-29(19-20)24-14-12-22(13-15-24)21(2)28-27(30)26(18-25-11-7-17-31-25)23-9-4-3-5-10-23/h3-5,7,9-15,17-18,20-21H,6,8,16,19H2,1-2H3,(H,28,30)/b26-18+/t20-,21+/m0/s1. The molecule has 0 aliphatic carbocycles. The molecule has 1 N–H and O–H groups in total. The third-order valence-corrected chi connectivity index (χ3v) is 5.92. The first kappa shape index (κ1) is 21.0. The molecule has 31 heavy (non-hydrogen) atoms. The van der Waals surface area contributed by atoms with Crippen molar-refractivity contribution in [2.24, 2.45) is 5.92 Å². The van der Waals surface area contributed by atoms with E-state index in [1.165, 1.54) is 18.5 Å². The monoisotopic (exact) mass is 414 g/mol. The first-order valence-electron chi connectivity index (χ1n) is 11.1. The highest BCUT2D eigenvalue weighted by Gasteiger charge is 2.18. The van der Waals surface area contributed by atoms with Crippen LogP contribution in [0.4, 0.5) is 5.69 Å². The van der Waals surface area contributed by atoms with Crippen LogP contribution in [0, 0.1) is 5.92 Å². The van der Waals surface area contributed by atoms with Gasteiger partial charge < -0.3 is 14.6 Å². The predicted molar refractivity (Wildman–Crippen MR) is 127 cm³/mol. The van der Waals surface area contributed by atoms with E-state index in [-0.39, 0.29) is 11.9 Å². The second-order valence-corrected chi connectivity index (χ2v) is 8.42. The van der Waals surface area contributed by atoms with E-state index in [0.717, 1.165) is 30.1 Å². The van der Waals surface area contributed by atoms with E-state index in [1.807, 2.05) is 49.4 Å². The number of amides is 1. The average molecular weight is 415 g/mol. The van der Waals surface area contributed by atoms with Crippen molar-refractivity contribution in [1.29, 1.82) is 0 Å². The van der Waals surface area contributed by atoms with Gasteiger partial charge in [0.05, 0.1) is 17.9 Å². The van der Waals surface area contributed by atoms with Gasteiger partial charge in [0.2, 0.25) is 0 Å². The fraction of sp³-hybridized carbons (Fsp3) is 0.296. The summed E-state index contributed by atoms with van der Waals surface area (Å²) in [6.07, 6.45) is 5.96. The molecule has 0 spiro atoms. The van der Waals surface area contributed by atoms with Crippen LogP contribution < -0.4 is 10.2 Å². The molecule has 0 radical (unpaired) electrons. The molecule has 4 rings (SSSR count). The Labute approximate surface area is 184 Å². The highest BCUT2D eigenvalue weighted by atomic mass is 16.3. The number of nitrogens with one attached hydrogen (secondary N) is 1. The third-order valence-electron chi connectivity index (χ3n) is 5.92. The molecular formula is C27H30N2O2. The molecule has 4 heteroatoms. The summed E-state index contributed by atoms with van der Waals surface area (Å²) in [5.41, 5.74) is 3.79. The van der Waals surface area contributed by atoms with E-state index in [1.54, 1.807) is 12.3 Å². The quantitative estimate of drug-likeness (QED) is 0.508. The van der Waals surface area contributed by atoms with E-state index in [9.17, 15) is 4.79 Å². The smallest absolute Gasteiger partial charge is 0.252 e. The van der Waals surface area contributed by atoms with Crippen molar-refractivity contribution in [1.82, 2.24) is 5.32 Å². The van der Waals surface area contributed by atoms with Gasteiger partial charge in [-0.15, -0.1) is 0 Å². The zero-order chi connectivity index (χ0) is 21.6. The van der Waals surface area contributed by atoms with Crippen molar-refractivity contribution < 1.29 is 9.21 Å². The van der Waals surface area contributed by atoms with Gasteiger partial charge in [0.25, 0.3) is 5.91 Å². The number of hydrogen-bond acceptors (Lipinski definition) is 3. The van der Waals surface area contributed by atoms with Gasteiger partial charge in [-0.3, -0.25) is 4.79 Å². The lowest BCUT2D eigenvalue weighted by molar-refractivity contribution is -0.116. The highest BCUT2D eigenvalue weighted by molar-refractivity contribution is 6.24.